The number of hydrogen-bond acceptors (Lipinski definition) is 3. The lowest BCUT2D eigenvalue weighted by Gasteiger charge is -2.15. The quantitative estimate of drug-likeness (QED) is 0.553. The van der Waals surface area contributed by atoms with Gasteiger partial charge in [-0.05, 0) is 0 Å². The van der Waals surface area contributed by atoms with Crippen molar-refractivity contribution >= 4 is 30.9 Å². The van der Waals surface area contributed by atoms with E-state index in [-0.39, 0.29) is 24.8 Å². The van der Waals surface area contributed by atoms with Crippen molar-refractivity contribution < 1.29 is 12.9 Å². The summed E-state index contributed by atoms with van der Waals surface area (Å²) in [6.45, 7) is 2.12. The molecule has 1 saturated heterocycles. The van der Waals surface area contributed by atoms with E-state index in [1.165, 1.54) is 0 Å². The maximum atomic E-state index is 8.89. The SMILES string of the molecule is B[C@@H]1O[C@H](CO)C(OI)C1C. The Morgan fingerprint density at radius 3 is 2.73 bits per heavy atom. The number of hydrogen-bond donors (Lipinski definition) is 1. The molecule has 0 aromatic carbocycles. The average molecular weight is 270 g/mol. The first kappa shape index (κ1) is 9.76. The summed E-state index contributed by atoms with van der Waals surface area (Å²) in [7, 11) is 2.00. The van der Waals surface area contributed by atoms with Crippen LogP contribution in [0.3, 0.4) is 0 Å². The predicted octanol–water partition coefficient (Wildman–Crippen LogP) is -0.292. The zero-order valence-corrected chi connectivity index (χ0v) is 8.82. The van der Waals surface area contributed by atoms with Crippen LogP contribution in [-0.4, -0.2) is 37.8 Å². The molecule has 0 aromatic rings. The van der Waals surface area contributed by atoms with Gasteiger partial charge in [-0.1, -0.05) is 6.92 Å². The average Bonchev–Trinajstić information content (AvgIpc) is 2.28. The van der Waals surface area contributed by atoms with Crippen molar-refractivity contribution in [3.05, 3.63) is 0 Å². The van der Waals surface area contributed by atoms with Crippen LogP contribution in [0.2, 0.25) is 0 Å². The molecule has 4 atom stereocenters. The molecule has 0 amide bonds. The minimum absolute atomic E-state index is 0.0376. The molecule has 1 N–H and O–H groups in total. The zero-order chi connectivity index (χ0) is 8.43. The van der Waals surface area contributed by atoms with E-state index in [1.807, 2.05) is 30.9 Å². The Morgan fingerprint density at radius 2 is 2.36 bits per heavy atom. The molecule has 0 spiro atoms. The third kappa shape index (κ3) is 1.88. The molecule has 0 bridgehead atoms. The summed E-state index contributed by atoms with van der Waals surface area (Å²) in [4.78, 5) is 0. The summed E-state index contributed by atoms with van der Waals surface area (Å²) in [5, 5.41) is 8.89. The Balaban J connectivity index is 2.57. The van der Waals surface area contributed by atoms with E-state index < -0.39 is 0 Å². The van der Waals surface area contributed by atoms with E-state index in [0.29, 0.717) is 5.92 Å². The predicted molar refractivity (Wildman–Crippen MR) is 52.3 cm³/mol. The summed E-state index contributed by atoms with van der Waals surface area (Å²) in [5.41, 5.74) is 0. The van der Waals surface area contributed by atoms with Gasteiger partial charge in [0.25, 0.3) is 0 Å². The molecule has 0 aromatic heterocycles. The minimum atomic E-state index is -0.142. The smallest absolute Gasteiger partial charge is 0.139 e. The van der Waals surface area contributed by atoms with Crippen molar-refractivity contribution in [1.82, 2.24) is 0 Å². The van der Waals surface area contributed by atoms with Gasteiger partial charge < -0.3 is 12.9 Å². The van der Waals surface area contributed by atoms with Crippen molar-refractivity contribution in [3.8, 4) is 0 Å². The highest BCUT2D eigenvalue weighted by molar-refractivity contribution is 14.1. The second kappa shape index (κ2) is 4.07. The summed E-state index contributed by atoms with van der Waals surface area (Å²) in [6.07, 6.45) is -0.104. The topological polar surface area (TPSA) is 38.7 Å². The van der Waals surface area contributed by atoms with E-state index in [9.17, 15) is 0 Å². The number of halogens is 1. The van der Waals surface area contributed by atoms with Crippen LogP contribution in [0.1, 0.15) is 6.92 Å². The lowest BCUT2D eigenvalue weighted by molar-refractivity contribution is 0.0136. The molecule has 0 saturated carbocycles. The second-order valence-corrected chi connectivity index (χ2v) is 3.48. The van der Waals surface area contributed by atoms with Crippen LogP contribution in [0, 0.1) is 5.92 Å². The van der Waals surface area contributed by atoms with E-state index >= 15 is 0 Å². The Morgan fingerprint density at radius 1 is 1.73 bits per heavy atom. The Hall–Kier alpha value is 0.675. The van der Waals surface area contributed by atoms with Gasteiger partial charge in [0.05, 0.1) is 6.61 Å². The van der Waals surface area contributed by atoms with Crippen molar-refractivity contribution in [3.63, 3.8) is 0 Å². The van der Waals surface area contributed by atoms with Crippen LogP contribution >= 0.6 is 23.0 Å². The first-order valence-corrected chi connectivity index (χ1v) is 4.62. The fourth-order valence-corrected chi connectivity index (χ4v) is 2.16. The number of aliphatic hydroxyl groups excluding tert-OH is 1. The maximum absolute atomic E-state index is 8.89. The summed E-state index contributed by atoms with van der Waals surface area (Å²) in [5.74, 6) is 0.365. The molecular formula is C6H12BIO3. The van der Waals surface area contributed by atoms with Crippen molar-refractivity contribution in [1.29, 1.82) is 0 Å². The maximum Gasteiger partial charge on any atom is 0.139 e. The van der Waals surface area contributed by atoms with E-state index in [4.69, 9.17) is 12.9 Å². The summed E-state index contributed by atoms with van der Waals surface area (Å²) < 4.78 is 10.6. The Bertz CT molecular complexity index is 135. The van der Waals surface area contributed by atoms with Gasteiger partial charge in [-0.15, -0.1) is 0 Å². The normalized spacial score (nSPS) is 44.6. The number of aliphatic hydroxyl groups is 1. The molecule has 3 nitrogen and oxygen atoms in total. The number of ether oxygens (including phenoxy) is 1. The highest BCUT2D eigenvalue weighted by Gasteiger charge is 2.39. The second-order valence-electron chi connectivity index (χ2n) is 2.98. The molecule has 11 heavy (non-hydrogen) atoms. The molecule has 1 fully saturated rings. The molecule has 0 radical (unpaired) electrons. The van der Waals surface area contributed by atoms with Gasteiger partial charge in [0.2, 0.25) is 0 Å². The molecule has 64 valence electrons. The third-order valence-corrected chi connectivity index (χ3v) is 2.88. The van der Waals surface area contributed by atoms with Gasteiger partial charge in [0.1, 0.15) is 43.1 Å². The molecule has 1 heterocycles. The highest BCUT2D eigenvalue weighted by Crippen LogP contribution is 2.28. The fraction of sp³-hybridized carbons (Fsp3) is 1.00. The van der Waals surface area contributed by atoms with E-state index in [1.54, 1.807) is 0 Å². The Labute approximate surface area is 81.5 Å². The summed E-state index contributed by atoms with van der Waals surface area (Å²) >= 11 is 1.86. The molecular weight excluding hydrogens is 258 g/mol. The van der Waals surface area contributed by atoms with Crippen molar-refractivity contribution in [2.75, 3.05) is 6.61 Å². The molecule has 1 aliphatic rings. The van der Waals surface area contributed by atoms with Crippen LogP contribution in [-0.2, 0) is 7.80 Å². The van der Waals surface area contributed by atoms with Crippen LogP contribution in [0.15, 0.2) is 0 Å². The Kier molecular flexibility index (Phi) is 3.61. The third-order valence-electron chi connectivity index (χ3n) is 2.30. The van der Waals surface area contributed by atoms with E-state index in [2.05, 4.69) is 6.92 Å². The van der Waals surface area contributed by atoms with Crippen molar-refractivity contribution in [2.24, 2.45) is 5.92 Å². The molecule has 1 aliphatic heterocycles. The molecule has 2 unspecified atom stereocenters. The van der Waals surface area contributed by atoms with Crippen molar-refractivity contribution in [2.45, 2.75) is 25.1 Å². The molecule has 1 rings (SSSR count). The lowest BCUT2D eigenvalue weighted by atomic mass is 9.86. The van der Waals surface area contributed by atoms with Gasteiger partial charge in [0, 0.05) is 11.9 Å². The van der Waals surface area contributed by atoms with Crippen LogP contribution in [0.25, 0.3) is 0 Å². The summed E-state index contributed by atoms with van der Waals surface area (Å²) in [6, 6.07) is 0.187. The lowest BCUT2D eigenvalue weighted by Crippen LogP contribution is -2.28. The van der Waals surface area contributed by atoms with Crippen LogP contribution in [0.5, 0.6) is 0 Å². The first-order valence-electron chi connectivity index (χ1n) is 3.74. The standard InChI is InChI=1S/C6H12BIO3/c1-3-5(11-8)4(2-9)10-6(3)7/h3-6,9H,2,7H2,1H3/t3?,4-,5?,6-/m1/s1. The van der Waals surface area contributed by atoms with Gasteiger partial charge in [-0.3, -0.25) is 0 Å². The van der Waals surface area contributed by atoms with Gasteiger partial charge in [-0.2, -0.15) is 0 Å². The molecule has 0 aliphatic carbocycles. The zero-order valence-electron chi connectivity index (χ0n) is 6.66. The van der Waals surface area contributed by atoms with Gasteiger partial charge in [-0.25, -0.2) is 0 Å². The fourth-order valence-electron chi connectivity index (χ4n) is 1.37. The largest absolute Gasteiger partial charge is 0.394 e. The van der Waals surface area contributed by atoms with E-state index in [0.717, 1.165) is 0 Å². The minimum Gasteiger partial charge on any atom is -0.394 e. The number of rotatable bonds is 2. The molecule has 5 heteroatoms. The highest BCUT2D eigenvalue weighted by atomic mass is 127. The van der Waals surface area contributed by atoms with Gasteiger partial charge >= 0.3 is 0 Å². The van der Waals surface area contributed by atoms with Crippen LogP contribution < -0.4 is 0 Å². The van der Waals surface area contributed by atoms with Gasteiger partial charge in [0.15, 0.2) is 0 Å². The van der Waals surface area contributed by atoms with Crippen LogP contribution in [0.4, 0.5) is 0 Å². The monoisotopic (exact) mass is 270 g/mol. The first-order chi connectivity index (χ1) is 5.20.